The summed E-state index contributed by atoms with van der Waals surface area (Å²) in [6.45, 7) is 2.06. The molecule has 1 heterocycles. The maximum Gasteiger partial charge on any atom is 0.299 e. The maximum absolute atomic E-state index is 11.0. The van der Waals surface area contributed by atoms with Crippen LogP contribution in [0.25, 0.3) is 0 Å². The molecule has 0 aliphatic carbocycles. The molecule has 0 amide bonds. The second-order valence-corrected chi connectivity index (χ2v) is 3.59. The summed E-state index contributed by atoms with van der Waals surface area (Å²) >= 11 is 0. The fourth-order valence-corrected chi connectivity index (χ4v) is 1.56. The Balaban J connectivity index is 2.63. The molecule has 68 valence electrons. The average Bonchev–Trinajstić information content (AvgIpc) is 2.38. The molecule has 3 N–H and O–H groups in total. The topological polar surface area (TPSA) is 86.9 Å². The first-order chi connectivity index (χ1) is 5.64. The minimum atomic E-state index is -3.41. The van der Waals surface area contributed by atoms with Crippen molar-refractivity contribution >= 4 is 15.9 Å². The van der Waals surface area contributed by atoms with Crippen LogP contribution in [0, 0.1) is 0 Å². The van der Waals surface area contributed by atoms with Crippen molar-refractivity contribution in [1.82, 2.24) is 14.9 Å². The van der Waals surface area contributed by atoms with E-state index in [0.717, 1.165) is 0 Å². The molecule has 1 aromatic rings. The van der Waals surface area contributed by atoms with Crippen molar-refractivity contribution in [2.24, 2.45) is 0 Å². The fraction of sp³-hybridized carbons (Fsp3) is 0.400. The lowest BCUT2D eigenvalue weighted by atomic mass is 10.6. The van der Waals surface area contributed by atoms with E-state index in [-0.39, 0.29) is 0 Å². The highest BCUT2D eigenvalue weighted by Gasteiger charge is 2.07. The minimum Gasteiger partial charge on any atom is -0.284 e. The molecule has 0 aliphatic heterocycles. The van der Waals surface area contributed by atoms with E-state index < -0.39 is 10.2 Å². The molecule has 0 spiro atoms. The predicted molar refractivity (Wildman–Crippen MR) is 44.8 cm³/mol. The monoisotopic (exact) mass is 190 g/mol. The number of anilines is 1. The molecule has 7 heteroatoms. The molecule has 0 saturated carbocycles. The third-order valence-electron chi connectivity index (χ3n) is 1.08. The Labute approximate surface area is 70.6 Å². The maximum atomic E-state index is 11.0. The van der Waals surface area contributed by atoms with Crippen LogP contribution in [-0.2, 0) is 10.2 Å². The van der Waals surface area contributed by atoms with Gasteiger partial charge in [-0.25, -0.2) is 0 Å². The van der Waals surface area contributed by atoms with Gasteiger partial charge in [0.1, 0.15) is 0 Å². The molecule has 0 radical (unpaired) electrons. The van der Waals surface area contributed by atoms with Crippen molar-refractivity contribution in [2.75, 3.05) is 11.3 Å². The first-order valence-electron chi connectivity index (χ1n) is 3.40. The second-order valence-electron chi connectivity index (χ2n) is 2.09. The number of hydrogen-bond acceptors (Lipinski definition) is 3. The van der Waals surface area contributed by atoms with E-state index in [1.54, 1.807) is 6.92 Å². The van der Waals surface area contributed by atoms with Crippen LogP contribution in [0.3, 0.4) is 0 Å². The first-order valence-corrected chi connectivity index (χ1v) is 4.88. The van der Waals surface area contributed by atoms with Crippen LogP contribution in [0.5, 0.6) is 0 Å². The van der Waals surface area contributed by atoms with Gasteiger partial charge in [0.2, 0.25) is 0 Å². The summed E-state index contributed by atoms with van der Waals surface area (Å²) in [6.07, 6.45) is 2.84. The molecule has 0 fully saturated rings. The predicted octanol–water partition coefficient (Wildman–Crippen LogP) is -0.324. The fourth-order valence-electron chi connectivity index (χ4n) is 0.688. The van der Waals surface area contributed by atoms with Gasteiger partial charge in [0.05, 0.1) is 11.9 Å². The quantitative estimate of drug-likeness (QED) is 0.608. The largest absolute Gasteiger partial charge is 0.299 e. The summed E-state index contributed by atoms with van der Waals surface area (Å²) in [5.74, 6) is 0. The summed E-state index contributed by atoms with van der Waals surface area (Å²) in [6, 6.07) is 0. The Hall–Kier alpha value is -1.08. The lowest BCUT2D eigenvalue weighted by Crippen LogP contribution is -2.29. The zero-order valence-corrected chi connectivity index (χ0v) is 7.35. The van der Waals surface area contributed by atoms with Crippen molar-refractivity contribution < 1.29 is 8.42 Å². The highest BCUT2D eigenvalue weighted by atomic mass is 32.2. The molecular weight excluding hydrogens is 180 g/mol. The van der Waals surface area contributed by atoms with Crippen LogP contribution in [0.1, 0.15) is 6.92 Å². The van der Waals surface area contributed by atoms with Crippen molar-refractivity contribution in [3.8, 4) is 0 Å². The van der Waals surface area contributed by atoms with E-state index in [0.29, 0.717) is 12.2 Å². The van der Waals surface area contributed by atoms with Crippen LogP contribution in [0.4, 0.5) is 5.69 Å². The Bertz CT molecular complexity index is 317. The summed E-state index contributed by atoms with van der Waals surface area (Å²) in [7, 11) is -3.41. The summed E-state index contributed by atoms with van der Waals surface area (Å²) < 4.78 is 26.6. The molecule has 1 aromatic heterocycles. The van der Waals surface area contributed by atoms with Crippen LogP contribution in [-0.4, -0.2) is 25.2 Å². The molecular formula is C5H10N4O2S. The minimum absolute atomic E-state index is 0.354. The lowest BCUT2D eigenvalue weighted by Gasteiger charge is -2.03. The molecule has 0 aromatic carbocycles. The van der Waals surface area contributed by atoms with Crippen molar-refractivity contribution in [2.45, 2.75) is 6.92 Å². The normalized spacial score (nSPS) is 11.4. The molecule has 0 aliphatic rings. The first kappa shape index (κ1) is 9.01. The Kier molecular flexibility index (Phi) is 2.66. The van der Waals surface area contributed by atoms with E-state index in [1.807, 2.05) is 0 Å². The third kappa shape index (κ3) is 2.51. The van der Waals surface area contributed by atoms with Gasteiger partial charge in [-0.05, 0) is 0 Å². The van der Waals surface area contributed by atoms with E-state index >= 15 is 0 Å². The zero-order valence-electron chi connectivity index (χ0n) is 6.53. The van der Waals surface area contributed by atoms with E-state index in [4.69, 9.17) is 0 Å². The standard InChI is InChI=1S/C5H10N4O2S/c1-2-8-12(10,11)9-5-3-6-7-4-5/h3-4,8-9H,2H2,1H3,(H,6,7). The number of aromatic amines is 1. The van der Waals surface area contributed by atoms with Crippen molar-refractivity contribution in [3.63, 3.8) is 0 Å². The molecule has 12 heavy (non-hydrogen) atoms. The lowest BCUT2D eigenvalue weighted by molar-refractivity contribution is 0.589. The molecule has 6 nitrogen and oxygen atoms in total. The molecule has 0 bridgehead atoms. The van der Waals surface area contributed by atoms with E-state index in [2.05, 4.69) is 19.6 Å². The third-order valence-corrected chi connectivity index (χ3v) is 2.26. The summed E-state index contributed by atoms with van der Waals surface area (Å²) in [4.78, 5) is 0. The van der Waals surface area contributed by atoms with Crippen molar-refractivity contribution in [3.05, 3.63) is 12.4 Å². The van der Waals surface area contributed by atoms with Gasteiger partial charge >= 0.3 is 0 Å². The van der Waals surface area contributed by atoms with Gasteiger partial charge < -0.3 is 0 Å². The van der Waals surface area contributed by atoms with Crippen LogP contribution < -0.4 is 9.44 Å². The number of aromatic nitrogens is 2. The smallest absolute Gasteiger partial charge is 0.284 e. The Morgan fingerprint density at radius 1 is 1.67 bits per heavy atom. The van der Waals surface area contributed by atoms with Gasteiger partial charge in [-0.1, -0.05) is 6.92 Å². The Morgan fingerprint density at radius 2 is 2.42 bits per heavy atom. The SMILES string of the molecule is CCNS(=O)(=O)Nc1cn[nH]c1. The number of H-pyrrole nitrogens is 1. The number of rotatable bonds is 4. The van der Waals surface area contributed by atoms with Gasteiger partial charge in [0, 0.05) is 12.7 Å². The number of hydrogen-bond donors (Lipinski definition) is 3. The van der Waals surface area contributed by atoms with E-state index in [9.17, 15) is 8.42 Å². The Morgan fingerprint density at radius 3 is 2.92 bits per heavy atom. The highest BCUT2D eigenvalue weighted by molar-refractivity contribution is 7.90. The second kappa shape index (κ2) is 3.55. The van der Waals surface area contributed by atoms with Crippen molar-refractivity contribution in [1.29, 1.82) is 0 Å². The van der Waals surface area contributed by atoms with Crippen LogP contribution >= 0.6 is 0 Å². The summed E-state index contributed by atoms with van der Waals surface area (Å²) in [5.41, 5.74) is 0.413. The summed E-state index contributed by atoms with van der Waals surface area (Å²) in [5, 5.41) is 6.08. The molecule has 0 saturated heterocycles. The van der Waals surface area contributed by atoms with Crippen LogP contribution in [0.2, 0.25) is 0 Å². The van der Waals surface area contributed by atoms with E-state index in [1.165, 1.54) is 12.4 Å². The number of nitrogens with zero attached hydrogens (tertiary/aromatic N) is 1. The average molecular weight is 190 g/mol. The highest BCUT2D eigenvalue weighted by Crippen LogP contribution is 2.02. The molecule has 0 atom stereocenters. The van der Waals surface area contributed by atoms with Crippen LogP contribution in [0.15, 0.2) is 12.4 Å². The van der Waals surface area contributed by atoms with Gasteiger partial charge in [-0.15, -0.1) is 0 Å². The van der Waals surface area contributed by atoms with Gasteiger partial charge in [0.15, 0.2) is 0 Å². The van der Waals surface area contributed by atoms with Gasteiger partial charge in [-0.2, -0.15) is 18.2 Å². The number of nitrogens with one attached hydrogen (secondary N) is 3. The van der Waals surface area contributed by atoms with Gasteiger partial charge in [-0.3, -0.25) is 9.82 Å². The van der Waals surface area contributed by atoms with Gasteiger partial charge in [0.25, 0.3) is 10.2 Å². The zero-order chi connectivity index (χ0) is 9.03. The molecule has 0 unspecified atom stereocenters. The molecule has 1 rings (SSSR count).